The molecule has 2 heterocycles. The lowest BCUT2D eigenvalue weighted by molar-refractivity contribution is 1.21. The lowest BCUT2D eigenvalue weighted by atomic mass is 10.1. The SMILES string of the molecule is Cc1ccc2cc(-c3cnc(N)cn3)ccc2n1. The van der Waals surface area contributed by atoms with Crippen LogP contribution < -0.4 is 5.73 Å². The average molecular weight is 236 g/mol. The summed E-state index contributed by atoms with van der Waals surface area (Å²) in [4.78, 5) is 12.8. The second-order valence-electron chi connectivity index (χ2n) is 4.19. The lowest BCUT2D eigenvalue weighted by Crippen LogP contribution is -1.92. The van der Waals surface area contributed by atoms with Crippen LogP contribution in [0.15, 0.2) is 42.7 Å². The first-order valence-corrected chi connectivity index (χ1v) is 5.68. The normalized spacial score (nSPS) is 10.7. The zero-order valence-corrected chi connectivity index (χ0v) is 9.96. The summed E-state index contributed by atoms with van der Waals surface area (Å²) in [5.74, 6) is 0.428. The van der Waals surface area contributed by atoms with Crippen LogP contribution in [0.3, 0.4) is 0 Å². The van der Waals surface area contributed by atoms with Crippen molar-refractivity contribution in [1.82, 2.24) is 15.0 Å². The Kier molecular flexibility index (Phi) is 2.41. The highest BCUT2D eigenvalue weighted by molar-refractivity contribution is 5.83. The van der Waals surface area contributed by atoms with E-state index in [4.69, 9.17) is 5.73 Å². The molecule has 4 nitrogen and oxygen atoms in total. The Morgan fingerprint density at radius 3 is 2.67 bits per heavy atom. The molecule has 0 saturated heterocycles. The molecular formula is C14H12N4. The van der Waals surface area contributed by atoms with Crippen molar-refractivity contribution in [3.05, 3.63) is 48.4 Å². The van der Waals surface area contributed by atoms with Crippen LogP contribution in [0.4, 0.5) is 5.82 Å². The molecule has 0 saturated carbocycles. The first kappa shape index (κ1) is 10.7. The maximum absolute atomic E-state index is 5.53. The second-order valence-corrected chi connectivity index (χ2v) is 4.19. The van der Waals surface area contributed by atoms with Gasteiger partial charge in [0.2, 0.25) is 0 Å². The van der Waals surface area contributed by atoms with Gasteiger partial charge in [-0.3, -0.25) is 9.97 Å². The highest BCUT2D eigenvalue weighted by atomic mass is 14.9. The van der Waals surface area contributed by atoms with Crippen LogP contribution in [0.25, 0.3) is 22.2 Å². The molecule has 2 N–H and O–H groups in total. The molecule has 0 spiro atoms. The Morgan fingerprint density at radius 1 is 1.00 bits per heavy atom. The van der Waals surface area contributed by atoms with Gasteiger partial charge in [-0.2, -0.15) is 0 Å². The van der Waals surface area contributed by atoms with Crippen LogP contribution in [0.1, 0.15) is 5.69 Å². The fourth-order valence-electron chi connectivity index (χ4n) is 1.87. The third-order valence-electron chi connectivity index (χ3n) is 2.80. The van der Waals surface area contributed by atoms with Gasteiger partial charge in [0.05, 0.1) is 23.6 Å². The van der Waals surface area contributed by atoms with Crippen LogP contribution in [0.5, 0.6) is 0 Å². The minimum absolute atomic E-state index is 0.428. The minimum atomic E-state index is 0.428. The molecule has 0 aliphatic rings. The molecule has 0 aliphatic carbocycles. The van der Waals surface area contributed by atoms with E-state index in [2.05, 4.69) is 27.1 Å². The number of nitrogens with two attached hydrogens (primary N) is 1. The van der Waals surface area contributed by atoms with Crippen molar-refractivity contribution in [3.63, 3.8) is 0 Å². The number of benzene rings is 1. The molecule has 0 radical (unpaired) electrons. The third-order valence-corrected chi connectivity index (χ3v) is 2.80. The van der Waals surface area contributed by atoms with Gasteiger partial charge in [0.15, 0.2) is 0 Å². The molecule has 2 aromatic heterocycles. The predicted molar refractivity (Wildman–Crippen MR) is 71.9 cm³/mol. The number of aryl methyl sites for hydroxylation is 1. The van der Waals surface area contributed by atoms with E-state index in [1.807, 2.05) is 25.1 Å². The topological polar surface area (TPSA) is 64.7 Å². The Bertz CT molecular complexity index is 705. The van der Waals surface area contributed by atoms with Crippen molar-refractivity contribution in [2.24, 2.45) is 0 Å². The molecule has 4 heteroatoms. The summed E-state index contributed by atoms with van der Waals surface area (Å²) in [6.07, 6.45) is 3.24. The fourth-order valence-corrected chi connectivity index (χ4v) is 1.87. The van der Waals surface area contributed by atoms with Gasteiger partial charge in [-0.25, -0.2) is 4.98 Å². The number of pyridine rings is 1. The van der Waals surface area contributed by atoms with Crippen molar-refractivity contribution in [1.29, 1.82) is 0 Å². The van der Waals surface area contributed by atoms with E-state index in [0.717, 1.165) is 27.9 Å². The van der Waals surface area contributed by atoms with Crippen molar-refractivity contribution >= 4 is 16.7 Å². The van der Waals surface area contributed by atoms with Gasteiger partial charge < -0.3 is 5.73 Å². The monoisotopic (exact) mass is 236 g/mol. The van der Waals surface area contributed by atoms with E-state index in [9.17, 15) is 0 Å². The van der Waals surface area contributed by atoms with Crippen molar-refractivity contribution in [3.8, 4) is 11.3 Å². The first-order chi connectivity index (χ1) is 8.72. The Hall–Kier alpha value is -2.49. The van der Waals surface area contributed by atoms with Crippen LogP contribution in [-0.4, -0.2) is 15.0 Å². The quantitative estimate of drug-likeness (QED) is 0.705. The fraction of sp³-hybridized carbons (Fsp3) is 0.0714. The third kappa shape index (κ3) is 1.88. The molecule has 0 atom stereocenters. The number of anilines is 1. The average Bonchev–Trinajstić information content (AvgIpc) is 2.39. The van der Waals surface area contributed by atoms with Gasteiger partial charge in [-0.05, 0) is 25.1 Å². The highest BCUT2D eigenvalue weighted by Crippen LogP contribution is 2.21. The molecule has 0 bridgehead atoms. The largest absolute Gasteiger partial charge is 0.382 e. The second kappa shape index (κ2) is 4.07. The Balaban J connectivity index is 2.13. The molecule has 88 valence electrons. The summed E-state index contributed by atoms with van der Waals surface area (Å²) in [5, 5.41) is 1.09. The first-order valence-electron chi connectivity index (χ1n) is 5.68. The van der Waals surface area contributed by atoms with Crippen LogP contribution in [0.2, 0.25) is 0 Å². The summed E-state index contributed by atoms with van der Waals surface area (Å²) >= 11 is 0. The van der Waals surface area contributed by atoms with E-state index in [1.54, 1.807) is 12.4 Å². The van der Waals surface area contributed by atoms with E-state index in [-0.39, 0.29) is 0 Å². The molecule has 0 fully saturated rings. The van der Waals surface area contributed by atoms with Crippen LogP contribution >= 0.6 is 0 Å². The molecule has 3 aromatic rings. The summed E-state index contributed by atoms with van der Waals surface area (Å²) in [7, 11) is 0. The maximum Gasteiger partial charge on any atom is 0.141 e. The summed E-state index contributed by atoms with van der Waals surface area (Å²) in [6, 6.07) is 10.1. The number of aromatic nitrogens is 3. The smallest absolute Gasteiger partial charge is 0.141 e. The number of hydrogen-bond acceptors (Lipinski definition) is 4. The molecule has 1 aromatic carbocycles. The van der Waals surface area contributed by atoms with Crippen LogP contribution in [-0.2, 0) is 0 Å². The van der Waals surface area contributed by atoms with Crippen molar-refractivity contribution in [2.45, 2.75) is 6.92 Å². The zero-order chi connectivity index (χ0) is 12.5. The van der Waals surface area contributed by atoms with E-state index in [1.165, 1.54) is 0 Å². The van der Waals surface area contributed by atoms with Gasteiger partial charge in [0.25, 0.3) is 0 Å². The van der Waals surface area contributed by atoms with E-state index in [0.29, 0.717) is 5.82 Å². The Labute approximate surface area is 105 Å². The van der Waals surface area contributed by atoms with Crippen molar-refractivity contribution < 1.29 is 0 Å². The predicted octanol–water partition coefficient (Wildman–Crippen LogP) is 2.58. The molecular weight excluding hydrogens is 224 g/mol. The highest BCUT2D eigenvalue weighted by Gasteiger charge is 2.02. The molecule has 18 heavy (non-hydrogen) atoms. The lowest BCUT2D eigenvalue weighted by Gasteiger charge is -2.03. The van der Waals surface area contributed by atoms with E-state index >= 15 is 0 Å². The summed E-state index contributed by atoms with van der Waals surface area (Å²) < 4.78 is 0. The summed E-state index contributed by atoms with van der Waals surface area (Å²) in [6.45, 7) is 1.98. The Morgan fingerprint density at radius 2 is 1.89 bits per heavy atom. The number of fused-ring (bicyclic) bond motifs is 1. The van der Waals surface area contributed by atoms with Gasteiger partial charge >= 0.3 is 0 Å². The number of hydrogen-bond donors (Lipinski definition) is 1. The zero-order valence-electron chi connectivity index (χ0n) is 9.96. The molecule has 0 amide bonds. The van der Waals surface area contributed by atoms with E-state index < -0.39 is 0 Å². The van der Waals surface area contributed by atoms with Gasteiger partial charge in [0, 0.05) is 16.6 Å². The minimum Gasteiger partial charge on any atom is -0.382 e. The molecule has 0 unspecified atom stereocenters. The molecule has 3 rings (SSSR count). The standard InChI is InChI=1S/C14H12N4/c1-9-2-3-10-6-11(4-5-12(10)18-9)13-7-17-14(15)8-16-13/h2-8H,1H3,(H2,15,17). The summed E-state index contributed by atoms with van der Waals surface area (Å²) in [5.41, 5.74) is 9.36. The van der Waals surface area contributed by atoms with Gasteiger partial charge in [0.1, 0.15) is 5.82 Å². The maximum atomic E-state index is 5.53. The molecule has 0 aliphatic heterocycles. The number of nitrogen functional groups attached to an aromatic ring is 1. The van der Waals surface area contributed by atoms with Gasteiger partial charge in [-0.15, -0.1) is 0 Å². The van der Waals surface area contributed by atoms with Crippen LogP contribution in [0, 0.1) is 6.92 Å². The number of rotatable bonds is 1. The van der Waals surface area contributed by atoms with Gasteiger partial charge in [-0.1, -0.05) is 12.1 Å². The number of nitrogens with zero attached hydrogens (tertiary/aromatic N) is 3. The van der Waals surface area contributed by atoms with Crippen molar-refractivity contribution in [2.75, 3.05) is 5.73 Å².